The predicted molar refractivity (Wildman–Crippen MR) is 84.0 cm³/mol. The standard InChI is InChI=1S/C16H22N4O3/c1-11-10-23-16(22)20(11)15-9-17-14(8-18-15)7-13-3-5-19(6-4-13)12(2)21/h8-9,11,13H,3-7,10H2,1-2H3/t11-/m0/s1. The maximum atomic E-state index is 11.7. The van der Waals surface area contributed by atoms with Crippen molar-refractivity contribution in [3.63, 3.8) is 0 Å². The zero-order valence-corrected chi connectivity index (χ0v) is 13.6. The van der Waals surface area contributed by atoms with E-state index in [1.54, 1.807) is 19.3 Å². The van der Waals surface area contributed by atoms with Gasteiger partial charge in [0.1, 0.15) is 6.61 Å². The molecule has 2 aliphatic heterocycles. The van der Waals surface area contributed by atoms with E-state index in [1.165, 1.54) is 4.90 Å². The van der Waals surface area contributed by atoms with Crippen LogP contribution in [0.4, 0.5) is 10.6 Å². The number of ether oxygens (including phenoxy) is 1. The summed E-state index contributed by atoms with van der Waals surface area (Å²) in [5.74, 6) is 1.22. The van der Waals surface area contributed by atoms with Crippen LogP contribution in [0.2, 0.25) is 0 Å². The number of carbonyl (C=O) groups is 2. The van der Waals surface area contributed by atoms with Gasteiger partial charge in [-0.15, -0.1) is 0 Å². The van der Waals surface area contributed by atoms with Crippen LogP contribution in [0.1, 0.15) is 32.4 Å². The highest BCUT2D eigenvalue weighted by molar-refractivity contribution is 5.88. The first kappa shape index (κ1) is 15.7. The van der Waals surface area contributed by atoms with Gasteiger partial charge >= 0.3 is 6.09 Å². The van der Waals surface area contributed by atoms with E-state index in [4.69, 9.17) is 4.74 Å². The number of rotatable bonds is 3. The van der Waals surface area contributed by atoms with Crippen LogP contribution in [-0.2, 0) is 16.0 Å². The van der Waals surface area contributed by atoms with Gasteiger partial charge in [0.15, 0.2) is 5.82 Å². The number of hydrogen-bond acceptors (Lipinski definition) is 5. The molecule has 1 atom stereocenters. The summed E-state index contributed by atoms with van der Waals surface area (Å²) in [6, 6.07) is -0.0152. The highest BCUT2D eigenvalue weighted by atomic mass is 16.6. The van der Waals surface area contributed by atoms with E-state index in [0.717, 1.165) is 38.0 Å². The zero-order chi connectivity index (χ0) is 16.4. The molecule has 2 aliphatic rings. The fourth-order valence-electron chi connectivity index (χ4n) is 3.16. The minimum absolute atomic E-state index is 0.0152. The fraction of sp³-hybridized carbons (Fsp3) is 0.625. The summed E-state index contributed by atoms with van der Waals surface area (Å²) in [5.41, 5.74) is 0.926. The first-order chi connectivity index (χ1) is 11.0. The second-order valence-corrected chi connectivity index (χ2v) is 6.32. The smallest absolute Gasteiger partial charge is 0.415 e. The van der Waals surface area contributed by atoms with Gasteiger partial charge in [0, 0.05) is 20.0 Å². The highest BCUT2D eigenvalue weighted by Gasteiger charge is 2.32. The third-order valence-electron chi connectivity index (χ3n) is 4.58. The molecule has 0 saturated carbocycles. The van der Waals surface area contributed by atoms with E-state index >= 15 is 0 Å². The number of likely N-dealkylation sites (tertiary alicyclic amines) is 1. The van der Waals surface area contributed by atoms with Gasteiger partial charge in [0.25, 0.3) is 0 Å². The molecule has 2 saturated heterocycles. The Balaban J connectivity index is 1.58. The van der Waals surface area contributed by atoms with Crippen LogP contribution in [0.5, 0.6) is 0 Å². The summed E-state index contributed by atoms with van der Waals surface area (Å²) in [6.45, 7) is 5.57. The van der Waals surface area contributed by atoms with Crippen molar-refractivity contribution in [2.45, 2.75) is 39.2 Å². The van der Waals surface area contributed by atoms with Crippen molar-refractivity contribution in [1.29, 1.82) is 0 Å². The van der Waals surface area contributed by atoms with Crippen molar-refractivity contribution < 1.29 is 14.3 Å². The molecule has 1 aromatic heterocycles. The van der Waals surface area contributed by atoms with Crippen molar-refractivity contribution >= 4 is 17.8 Å². The third-order valence-corrected chi connectivity index (χ3v) is 4.58. The van der Waals surface area contributed by atoms with Crippen LogP contribution < -0.4 is 4.90 Å². The summed E-state index contributed by atoms with van der Waals surface area (Å²) in [4.78, 5) is 35.3. The van der Waals surface area contributed by atoms with E-state index in [1.807, 2.05) is 11.8 Å². The van der Waals surface area contributed by atoms with E-state index in [2.05, 4.69) is 9.97 Å². The number of piperidine rings is 1. The van der Waals surface area contributed by atoms with Crippen LogP contribution in [-0.4, -0.2) is 52.6 Å². The second-order valence-electron chi connectivity index (χ2n) is 6.32. The number of anilines is 1. The molecule has 3 rings (SSSR count). The monoisotopic (exact) mass is 318 g/mol. The lowest BCUT2D eigenvalue weighted by atomic mass is 9.92. The summed E-state index contributed by atoms with van der Waals surface area (Å²) < 4.78 is 5.00. The predicted octanol–water partition coefficient (Wildman–Crippen LogP) is 1.62. The Morgan fingerprint density at radius 3 is 2.57 bits per heavy atom. The summed E-state index contributed by atoms with van der Waals surface area (Å²) in [6.07, 6.45) is 5.88. The van der Waals surface area contributed by atoms with Gasteiger partial charge in [-0.25, -0.2) is 9.78 Å². The van der Waals surface area contributed by atoms with Crippen LogP contribution in [0, 0.1) is 5.92 Å². The molecule has 0 bridgehead atoms. The van der Waals surface area contributed by atoms with Crippen molar-refractivity contribution in [3.05, 3.63) is 18.1 Å². The summed E-state index contributed by atoms with van der Waals surface area (Å²) in [7, 11) is 0. The lowest BCUT2D eigenvalue weighted by Gasteiger charge is -2.31. The average Bonchev–Trinajstić information content (AvgIpc) is 2.88. The maximum absolute atomic E-state index is 11.7. The van der Waals surface area contributed by atoms with Gasteiger partial charge < -0.3 is 9.64 Å². The maximum Gasteiger partial charge on any atom is 0.415 e. The number of amides is 2. The molecule has 2 amide bonds. The van der Waals surface area contributed by atoms with Crippen molar-refractivity contribution in [3.8, 4) is 0 Å². The molecule has 124 valence electrons. The van der Waals surface area contributed by atoms with Crippen LogP contribution in [0.3, 0.4) is 0 Å². The molecule has 2 fully saturated rings. The first-order valence-corrected chi connectivity index (χ1v) is 8.07. The first-order valence-electron chi connectivity index (χ1n) is 8.07. The Morgan fingerprint density at radius 1 is 1.30 bits per heavy atom. The molecule has 0 unspecified atom stereocenters. The third kappa shape index (κ3) is 3.43. The Bertz CT molecular complexity index is 581. The molecule has 23 heavy (non-hydrogen) atoms. The number of nitrogens with zero attached hydrogens (tertiary/aromatic N) is 4. The van der Waals surface area contributed by atoms with Gasteiger partial charge in [-0.05, 0) is 32.1 Å². The molecule has 1 aromatic rings. The Morgan fingerprint density at radius 2 is 2.04 bits per heavy atom. The lowest BCUT2D eigenvalue weighted by molar-refractivity contribution is -0.130. The molecule has 7 heteroatoms. The van der Waals surface area contributed by atoms with Crippen molar-refractivity contribution in [1.82, 2.24) is 14.9 Å². The number of carbonyl (C=O) groups excluding carboxylic acids is 2. The van der Waals surface area contributed by atoms with Crippen LogP contribution in [0.25, 0.3) is 0 Å². The van der Waals surface area contributed by atoms with Gasteiger partial charge in [-0.2, -0.15) is 0 Å². The van der Waals surface area contributed by atoms with Gasteiger partial charge in [-0.3, -0.25) is 14.7 Å². The number of aromatic nitrogens is 2. The molecule has 7 nitrogen and oxygen atoms in total. The molecule has 0 N–H and O–H groups in total. The average molecular weight is 318 g/mol. The van der Waals surface area contributed by atoms with Crippen LogP contribution >= 0.6 is 0 Å². The molecule has 0 radical (unpaired) electrons. The van der Waals surface area contributed by atoms with E-state index in [-0.39, 0.29) is 18.0 Å². The quantitative estimate of drug-likeness (QED) is 0.846. The normalized spacial score (nSPS) is 22.3. The summed E-state index contributed by atoms with van der Waals surface area (Å²) >= 11 is 0. The molecular weight excluding hydrogens is 296 g/mol. The summed E-state index contributed by atoms with van der Waals surface area (Å²) in [5, 5.41) is 0. The molecule has 3 heterocycles. The van der Waals surface area contributed by atoms with E-state index in [0.29, 0.717) is 18.3 Å². The van der Waals surface area contributed by atoms with Crippen LogP contribution in [0.15, 0.2) is 12.4 Å². The minimum Gasteiger partial charge on any atom is -0.447 e. The largest absolute Gasteiger partial charge is 0.447 e. The SMILES string of the molecule is CC(=O)N1CCC(Cc2cnc(N3C(=O)OC[C@@H]3C)cn2)CC1. The minimum atomic E-state index is -0.365. The number of hydrogen-bond donors (Lipinski definition) is 0. The van der Waals surface area contributed by atoms with E-state index < -0.39 is 0 Å². The number of cyclic esters (lactones) is 1. The van der Waals surface area contributed by atoms with E-state index in [9.17, 15) is 9.59 Å². The zero-order valence-electron chi connectivity index (χ0n) is 13.6. The molecule has 0 aromatic carbocycles. The molecule has 0 spiro atoms. The Labute approximate surface area is 135 Å². The molecule has 0 aliphatic carbocycles. The Hall–Kier alpha value is -2.18. The van der Waals surface area contributed by atoms with Crippen molar-refractivity contribution in [2.75, 3.05) is 24.6 Å². The highest BCUT2D eigenvalue weighted by Crippen LogP contribution is 2.23. The van der Waals surface area contributed by atoms with Gasteiger partial charge in [0.05, 0.1) is 24.1 Å². The second kappa shape index (κ2) is 6.52. The Kier molecular flexibility index (Phi) is 4.45. The fourth-order valence-corrected chi connectivity index (χ4v) is 3.16. The van der Waals surface area contributed by atoms with Gasteiger partial charge in [0.2, 0.25) is 5.91 Å². The molecular formula is C16H22N4O3. The van der Waals surface area contributed by atoms with Gasteiger partial charge in [-0.1, -0.05) is 0 Å². The van der Waals surface area contributed by atoms with Crippen molar-refractivity contribution in [2.24, 2.45) is 5.92 Å². The lowest BCUT2D eigenvalue weighted by Crippen LogP contribution is -2.37. The topological polar surface area (TPSA) is 75.6 Å².